The number of rotatable bonds is 4. The third-order valence-corrected chi connectivity index (χ3v) is 1.83. The third kappa shape index (κ3) is 1.87. The zero-order chi connectivity index (χ0) is 8.97. The lowest BCUT2D eigenvalue weighted by Crippen LogP contribution is -2.17. The van der Waals surface area contributed by atoms with Crippen molar-refractivity contribution in [2.24, 2.45) is 0 Å². The zero-order valence-electron chi connectivity index (χ0n) is 7.10. The quantitative estimate of drug-likeness (QED) is 0.744. The third-order valence-electron chi connectivity index (χ3n) is 1.83. The summed E-state index contributed by atoms with van der Waals surface area (Å²) >= 11 is 0. The van der Waals surface area contributed by atoms with Crippen LogP contribution in [0.15, 0.2) is 24.5 Å². The van der Waals surface area contributed by atoms with Crippen molar-refractivity contribution in [1.82, 2.24) is 4.57 Å². The Hall–Kier alpha value is -1.25. The molecular formula is C9H13NO2. The maximum absolute atomic E-state index is 10.8. The Morgan fingerprint density at radius 2 is 2.08 bits per heavy atom. The summed E-state index contributed by atoms with van der Waals surface area (Å²) in [6, 6.07) is 3.28. The lowest BCUT2D eigenvalue weighted by Gasteiger charge is -2.12. The Labute approximate surface area is 71.6 Å². The summed E-state index contributed by atoms with van der Waals surface area (Å²) in [7, 11) is 0. The smallest absolute Gasteiger partial charge is 0.326 e. The van der Waals surface area contributed by atoms with Gasteiger partial charge in [0.1, 0.15) is 6.04 Å². The molecule has 0 aliphatic heterocycles. The summed E-state index contributed by atoms with van der Waals surface area (Å²) < 4.78 is 1.73. The molecule has 12 heavy (non-hydrogen) atoms. The van der Waals surface area contributed by atoms with Crippen molar-refractivity contribution in [1.29, 1.82) is 0 Å². The first-order chi connectivity index (χ1) is 5.75. The minimum absolute atomic E-state index is 0.398. The number of carbonyl (C=O) groups is 1. The second-order valence-electron chi connectivity index (χ2n) is 2.77. The summed E-state index contributed by atoms with van der Waals surface area (Å²) in [5.74, 6) is -0.756. The van der Waals surface area contributed by atoms with Gasteiger partial charge >= 0.3 is 5.97 Å². The van der Waals surface area contributed by atoms with E-state index in [1.807, 2.05) is 19.1 Å². The molecule has 3 nitrogen and oxygen atoms in total. The van der Waals surface area contributed by atoms with Gasteiger partial charge in [0.2, 0.25) is 0 Å². The van der Waals surface area contributed by atoms with Crippen molar-refractivity contribution in [3.63, 3.8) is 0 Å². The fourth-order valence-corrected chi connectivity index (χ4v) is 1.23. The van der Waals surface area contributed by atoms with Crippen LogP contribution < -0.4 is 0 Å². The van der Waals surface area contributed by atoms with Crippen LogP contribution in [0.3, 0.4) is 0 Å². The summed E-state index contributed by atoms with van der Waals surface area (Å²) in [6.45, 7) is 1.99. The fourth-order valence-electron chi connectivity index (χ4n) is 1.23. The summed E-state index contributed by atoms with van der Waals surface area (Å²) in [4.78, 5) is 10.8. The van der Waals surface area contributed by atoms with Gasteiger partial charge in [-0.05, 0) is 18.6 Å². The molecule has 1 aromatic rings. The zero-order valence-corrected chi connectivity index (χ0v) is 7.10. The first-order valence-electron chi connectivity index (χ1n) is 4.11. The molecule has 1 aromatic heterocycles. The highest BCUT2D eigenvalue weighted by atomic mass is 16.4. The molecule has 66 valence electrons. The van der Waals surface area contributed by atoms with Crippen molar-refractivity contribution in [3.8, 4) is 0 Å². The average molecular weight is 167 g/mol. The second kappa shape index (κ2) is 3.95. The van der Waals surface area contributed by atoms with Gasteiger partial charge in [0.15, 0.2) is 0 Å². The lowest BCUT2D eigenvalue weighted by molar-refractivity contribution is -0.141. The highest BCUT2D eigenvalue weighted by Gasteiger charge is 2.16. The van der Waals surface area contributed by atoms with Crippen molar-refractivity contribution in [2.75, 3.05) is 0 Å². The van der Waals surface area contributed by atoms with E-state index in [4.69, 9.17) is 5.11 Å². The van der Waals surface area contributed by atoms with E-state index in [-0.39, 0.29) is 0 Å². The summed E-state index contributed by atoms with van der Waals surface area (Å²) in [6.07, 6.45) is 5.14. The molecule has 0 bridgehead atoms. The Bertz CT molecular complexity index is 241. The van der Waals surface area contributed by atoms with Crippen molar-refractivity contribution < 1.29 is 9.90 Å². The molecule has 1 N–H and O–H groups in total. The van der Waals surface area contributed by atoms with Crippen molar-refractivity contribution in [2.45, 2.75) is 25.8 Å². The van der Waals surface area contributed by atoms with E-state index in [0.29, 0.717) is 6.42 Å². The molecule has 0 fully saturated rings. The van der Waals surface area contributed by atoms with E-state index in [1.165, 1.54) is 0 Å². The van der Waals surface area contributed by atoms with Crippen LogP contribution in [-0.4, -0.2) is 15.6 Å². The molecule has 0 saturated heterocycles. The van der Waals surface area contributed by atoms with Crippen LogP contribution in [0.2, 0.25) is 0 Å². The van der Waals surface area contributed by atoms with Gasteiger partial charge in [-0.1, -0.05) is 13.3 Å². The standard InChI is InChI=1S/C9H13NO2/c1-2-5-8(9(11)12)10-6-3-4-7-10/h3-4,6-8H,2,5H2,1H3,(H,11,12). The molecule has 0 amide bonds. The van der Waals surface area contributed by atoms with Gasteiger partial charge in [-0.2, -0.15) is 0 Å². The minimum Gasteiger partial charge on any atom is -0.480 e. The van der Waals surface area contributed by atoms with Gasteiger partial charge in [-0.15, -0.1) is 0 Å². The first-order valence-corrected chi connectivity index (χ1v) is 4.11. The highest BCUT2D eigenvalue weighted by molar-refractivity contribution is 5.71. The van der Waals surface area contributed by atoms with E-state index >= 15 is 0 Å². The maximum Gasteiger partial charge on any atom is 0.326 e. The highest BCUT2D eigenvalue weighted by Crippen LogP contribution is 2.13. The van der Waals surface area contributed by atoms with Crippen LogP contribution in [0.5, 0.6) is 0 Å². The summed E-state index contributed by atoms with van der Waals surface area (Å²) in [5, 5.41) is 8.86. The van der Waals surface area contributed by atoms with E-state index in [1.54, 1.807) is 17.0 Å². The van der Waals surface area contributed by atoms with Gasteiger partial charge in [0.25, 0.3) is 0 Å². The number of hydrogen-bond donors (Lipinski definition) is 1. The normalized spacial score (nSPS) is 12.8. The largest absolute Gasteiger partial charge is 0.480 e. The predicted octanol–water partition coefficient (Wildman–Crippen LogP) is 1.91. The molecule has 0 radical (unpaired) electrons. The van der Waals surface area contributed by atoms with E-state index < -0.39 is 12.0 Å². The average Bonchev–Trinajstić information content (AvgIpc) is 2.51. The molecule has 1 rings (SSSR count). The minimum atomic E-state index is -0.756. The first kappa shape index (κ1) is 8.84. The number of nitrogens with zero attached hydrogens (tertiary/aromatic N) is 1. The number of aromatic nitrogens is 1. The number of hydrogen-bond acceptors (Lipinski definition) is 1. The van der Waals surface area contributed by atoms with Crippen LogP contribution in [0.4, 0.5) is 0 Å². The van der Waals surface area contributed by atoms with Gasteiger partial charge in [-0.3, -0.25) is 0 Å². The van der Waals surface area contributed by atoms with Crippen molar-refractivity contribution >= 4 is 5.97 Å². The van der Waals surface area contributed by atoms with Crippen LogP contribution in [0, 0.1) is 0 Å². The predicted molar refractivity (Wildman–Crippen MR) is 46.0 cm³/mol. The van der Waals surface area contributed by atoms with Gasteiger partial charge in [0.05, 0.1) is 0 Å². The molecule has 3 heteroatoms. The molecule has 0 spiro atoms. The maximum atomic E-state index is 10.8. The SMILES string of the molecule is CCCC(C(=O)O)n1cccc1. The van der Waals surface area contributed by atoms with Crippen LogP contribution in [0.25, 0.3) is 0 Å². The molecule has 1 heterocycles. The van der Waals surface area contributed by atoms with Crippen LogP contribution in [0.1, 0.15) is 25.8 Å². The molecule has 0 saturated carbocycles. The Morgan fingerprint density at radius 1 is 1.50 bits per heavy atom. The van der Waals surface area contributed by atoms with E-state index in [9.17, 15) is 4.79 Å². The molecule has 1 atom stereocenters. The molecular weight excluding hydrogens is 154 g/mol. The number of carboxylic acid groups (broad SMARTS) is 1. The number of carboxylic acids is 1. The Balaban J connectivity index is 2.73. The number of aliphatic carboxylic acids is 1. The monoisotopic (exact) mass is 167 g/mol. The fraction of sp³-hybridized carbons (Fsp3) is 0.444. The summed E-state index contributed by atoms with van der Waals surface area (Å²) in [5.41, 5.74) is 0. The molecule has 1 unspecified atom stereocenters. The van der Waals surface area contributed by atoms with Gasteiger partial charge in [-0.25, -0.2) is 4.79 Å². The lowest BCUT2D eigenvalue weighted by atomic mass is 10.2. The van der Waals surface area contributed by atoms with Crippen molar-refractivity contribution in [3.05, 3.63) is 24.5 Å². The van der Waals surface area contributed by atoms with E-state index in [2.05, 4.69) is 0 Å². The molecule has 0 aliphatic rings. The van der Waals surface area contributed by atoms with Crippen LogP contribution >= 0.6 is 0 Å². The second-order valence-corrected chi connectivity index (χ2v) is 2.77. The van der Waals surface area contributed by atoms with E-state index in [0.717, 1.165) is 6.42 Å². The Kier molecular flexibility index (Phi) is 2.91. The molecule has 0 aromatic carbocycles. The van der Waals surface area contributed by atoms with Crippen LogP contribution in [-0.2, 0) is 4.79 Å². The molecule has 0 aliphatic carbocycles. The van der Waals surface area contributed by atoms with Gasteiger partial charge < -0.3 is 9.67 Å². The van der Waals surface area contributed by atoms with Gasteiger partial charge in [0, 0.05) is 12.4 Å². The Morgan fingerprint density at radius 3 is 2.50 bits per heavy atom. The topological polar surface area (TPSA) is 42.2 Å².